The van der Waals surface area contributed by atoms with E-state index in [1.165, 1.54) is 12.3 Å². The Bertz CT molecular complexity index is 1190. The van der Waals surface area contributed by atoms with Crippen LogP contribution in [0.15, 0.2) is 47.4 Å². The van der Waals surface area contributed by atoms with Gasteiger partial charge in [-0.3, -0.25) is 4.79 Å². The summed E-state index contributed by atoms with van der Waals surface area (Å²) < 4.78 is 44.8. The van der Waals surface area contributed by atoms with Crippen LogP contribution in [0.5, 0.6) is 5.88 Å². The molecule has 0 bridgehead atoms. The summed E-state index contributed by atoms with van der Waals surface area (Å²) in [4.78, 5) is 30.5. The van der Waals surface area contributed by atoms with Gasteiger partial charge in [0.25, 0.3) is 5.56 Å². The molecule has 1 fully saturated rings. The number of hydrogen-bond donors (Lipinski definition) is 3. The molecule has 0 aliphatic heterocycles. The number of ether oxygens (including phenoxy) is 1. The summed E-state index contributed by atoms with van der Waals surface area (Å²) in [6.07, 6.45) is -0.0816. The molecule has 1 aromatic carbocycles. The Morgan fingerprint density at radius 3 is 2.69 bits per heavy atom. The number of carbonyl (C=O) groups is 1. The van der Waals surface area contributed by atoms with Crippen molar-refractivity contribution < 1.29 is 22.7 Å². The molecule has 2 amide bonds. The molecule has 3 N–H and O–H groups in total. The third-order valence-corrected chi connectivity index (χ3v) is 5.41. The number of urea groups is 1. The lowest BCUT2D eigenvalue weighted by molar-refractivity contribution is -0.141. The van der Waals surface area contributed by atoms with E-state index in [2.05, 4.69) is 20.6 Å². The highest BCUT2D eigenvalue weighted by atomic mass is 19.4. The van der Waals surface area contributed by atoms with E-state index < -0.39 is 17.9 Å². The Kier molecular flexibility index (Phi) is 6.02. The summed E-state index contributed by atoms with van der Waals surface area (Å²) in [5, 5.41) is 6.25. The van der Waals surface area contributed by atoms with Crippen molar-refractivity contribution in [1.82, 2.24) is 15.3 Å². The molecule has 3 aromatic rings. The molecule has 0 atom stereocenters. The number of carbonyl (C=O) groups excluding carboxylic acids is 1. The van der Waals surface area contributed by atoms with Gasteiger partial charge in [0.2, 0.25) is 5.88 Å². The second-order valence-corrected chi connectivity index (χ2v) is 7.65. The number of aromatic amines is 1. The first-order valence-corrected chi connectivity index (χ1v) is 10.2. The lowest BCUT2D eigenvalue weighted by Crippen LogP contribution is -2.29. The molecular formula is C22H21F3N4O3. The van der Waals surface area contributed by atoms with Crippen molar-refractivity contribution >= 4 is 22.5 Å². The molecule has 0 radical (unpaired) electrons. The largest absolute Gasteiger partial charge is 0.477 e. The molecule has 1 saturated carbocycles. The standard InChI is InChI=1S/C22H21F3N4O3/c23-22(24,25)18-8-7-14(20(29-18)32-12-13-3-1-4-13)11-27-21(31)28-17-6-2-5-16-15(17)9-10-26-19(16)30/h2,5-10,13H,1,3-4,11-12H2,(H,26,30)(H2,27,28,31). The number of nitrogens with one attached hydrogen (secondary N) is 3. The van der Waals surface area contributed by atoms with Crippen LogP contribution < -0.4 is 20.9 Å². The van der Waals surface area contributed by atoms with E-state index in [0.29, 0.717) is 27.9 Å². The van der Waals surface area contributed by atoms with Crippen molar-refractivity contribution in [2.24, 2.45) is 5.92 Å². The van der Waals surface area contributed by atoms with E-state index >= 15 is 0 Å². The number of H-pyrrole nitrogens is 1. The minimum Gasteiger partial charge on any atom is -0.477 e. The lowest BCUT2D eigenvalue weighted by Gasteiger charge is -2.25. The number of fused-ring (bicyclic) bond motifs is 1. The van der Waals surface area contributed by atoms with Gasteiger partial charge in [-0.2, -0.15) is 13.2 Å². The van der Waals surface area contributed by atoms with Crippen molar-refractivity contribution in [2.75, 3.05) is 11.9 Å². The molecule has 2 heterocycles. The molecule has 7 nitrogen and oxygen atoms in total. The Morgan fingerprint density at radius 1 is 1.16 bits per heavy atom. The van der Waals surface area contributed by atoms with E-state index in [9.17, 15) is 22.8 Å². The summed E-state index contributed by atoms with van der Waals surface area (Å²) >= 11 is 0. The summed E-state index contributed by atoms with van der Waals surface area (Å²) in [5.41, 5.74) is -0.564. The van der Waals surface area contributed by atoms with Gasteiger partial charge >= 0.3 is 12.2 Å². The normalized spacial score (nSPS) is 14.1. The molecule has 4 rings (SSSR count). The van der Waals surface area contributed by atoms with Crippen LogP contribution in [-0.2, 0) is 12.7 Å². The minimum atomic E-state index is -4.59. The van der Waals surface area contributed by atoms with Crippen LogP contribution >= 0.6 is 0 Å². The summed E-state index contributed by atoms with van der Waals surface area (Å²) in [7, 11) is 0. The van der Waals surface area contributed by atoms with Gasteiger partial charge in [0.15, 0.2) is 0 Å². The smallest absolute Gasteiger partial charge is 0.433 e. The van der Waals surface area contributed by atoms with E-state index in [1.54, 1.807) is 24.3 Å². The van der Waals surface area contributed by atoms with Crippen molar-refractivity contribution in [3.63, 3.8) is 0 Å². The molecular weight excluding hydrogens is 425 g/mol. The van der Waals surface area contributed by atoms with Crippen LogP contribution in [0.25, 0.3) is 10.8 Å². The molecule has 0 spiro atoms. The summed E-state index contributed by atoms with van der Waals surface area (Å²) in [5.74, 6) is 0.175. The molecule has 0 saturated heterocycles. The Morgan fingerprint density at radius 2 is 1.97 bits per heavy atom. The molecule has 2 aromatic heterocycles. The first-order valence-electron chi connectivity index (χ1n) is 10.2. The van der Waals surface area contributed by atoms with Gasteiger partial charge in [-0.05, 0) is 49.1 Å². The quantitative estimate of drug-likeness (QED) is 0.522. The highest BCUT2D eigenvalue weighted by molar-refractivity contribution is 6.01. The fourth-order valence-corrected chi connectivity index (χ4v) is 3.42. The summed E-state index contributed by atoms with van der Waals surface area (Å²) in [6.45, 7) is 0.209. The van der Waals surface area contributed by atoms with Crippen LogP contribution in [0.4, 0.5) is 23.7 Å². The predicted molar refractivity (Wildman–Crippen MR) is 113 cm³/mol. The van der Waals surface area contributed by atoms with Crippen LogP contribution in [0.2, 0.25) is 0 Å². The average molecular weight is 446 g/mol. The zero-order valence-electron chi connectivity index (χ0n) is 17.0. The monoisotopic (exact) mass is 446 g/mol. The lowest BCUT2D eigenvalue weighted by atomic mass is 9.86. The second kappa shape index (κ2) is 8.89. The van der Waals surface area contributed by atoms with Crippen molar-refractivity contribution in [3.05, 3.63) is 64.2 Å². The third kappa shape index (κ3) is 4.84. The number of nitrogens with zero attached hydrogens (tertiary/aromatic N) is 1. The van der Waals surface area contributed by atoms with E-state index in [1.807, 2.05) is 0 Å². The SMILES string of the molecule is O=C(NCc1ccc(C(F)(F)F)nc1OCC1CCC1)Nc1cccc2c(=O)[nH]ccc12. The zero-order valence-corrected chi connectivity index (χ0v) is 17.0. The third-order valence-electron chi connectivity index (χ3n) is 5.41. The van der Waals surface area contributed by atoms with Gasteiger partial charge < -0.3 is 20.4 Å². The minimum absolute atomic E-state index is 0.0810. The Balaban J connectivity index is 1.47. The first kappa shape index (κ1) is 21.7. The Labute approximate surface area is 181 Å². The number of benzene rings is 1. The maximum atomic E-state index is 13.1. The van der Waals surface area contributed by atoms with Crippen LogP contribution in [0.1, 0.15) is 30.5 Å². The van der Waals surface area contributed by atoms with Gasteiger partial charge in [-0.15, -0.1) is 0 Å². The number of aromatic nitrogens is 2. The topological polar surface area (TPSA) is 96.1 Å². The molecule has 1 aliphatic carbocycles. The van der Waals surface area contributed by atoms with Gasteiger partial charge in [0, 0.05) is 29.1 Å². The molecule has 32 heavy (non-hydrogen) atoms. The van der Waals surface area contributed by atoms with E-state index in [-0.39, 0.29) is 24.6 Å². The van der Waals surface area contributed by atoms with Gasteiger partial charge in [-0.1, -0.05) is 12.5 Å². The van der Waals surface area contributed by atoms with Crippen LogP contribution in [-0.4, -0.2) is 22.6 Å². The number of rotatable bonds is 6. The number of anilines is 1. The van der Waals surface area contributed by atoms with E-state index in [4.69, 9.17) is 4.74 Å². The highest BCUT2D eigenvalue weighted by Gasteiger charge is 2.33. The van der Waals surface area contributed by atoms with Crippen molar-refractivity contribution in [2.45, 2.75) is 32.0 Å². The number of pyridine rings is 2. The maximum absolute atomic E-state index is 13.1. The zero-order chi connectivity index (χ0) is 22.7. The maximum Gasteiger partial charge on any atom is 0.433 e. The van der Waals surface area contributed by atoms with Crippen molar-refractivity contribution in [3.8, 4) is 5.88 Å². The Hall–Kier alpha value is -3.56. The van der Waals surface area contributed by atoms with Crippen LogP contribution in [0, 0.1) is 5.92 Å². The molecule has 1 aliphatic rings. The average Bonchev–Trinajstić information content (AvgIpc) is 2.71. The summed E-state index contributed by atoms with van der Waals surface area (Å²) in [6, 6.07) is 8.12. The number of amides is 2. The van der Waals surface area contributed by atoms with Gasteiger partial charge in [-0.25, -0.2) is 9.78 Å². The molecule has 0 unspecified atom stereocenters. The molecule has 168 valence electrons. The van der Waals surface area contributed by atoms with Gasteiger partial charge in [0.05, 0.1) is 12.3 Å². The molecule has 10 heteroatoms. The van der Waals surface area contributed by atoms with Crippen LogP contribution in [0.3, 0.4) is 0 Å². The second-order valence-electron chi connectivity index (χ2n) is 7.65. The highest BCUT2D eigenvalue weighted by Crippen LogP contribution is 2.32. The first-order chi connectivity index (χ1) is 15.3. The predicted octanol–water partition coefficient (Wildman–Crippen LogP) is 4.44. The van der Waals surface area contributed by atoms with Crippen molar-refractivity contribution in [1.29, 1.82) is 0 Å². The number of halogens is 3. The van der Waals surface area contributed by atoms with Gasteiger partial charge in [0.1, 0.15) is 5.69 Å². The van der Waals surface area contributed by atoms with E-state index in [0.717, 1.165) is 25.3 Å². The number of hydrogen-bond acceptors (Lipinski definition) is 4. The fourth-order valence-electron chi connectivity index (χ4n) is 3.42. The number of alkyl halides is 3. The fraction of sp³-hybridized carbons (Fsp3) is 0.318.